The van der Waals surface area contributed by atoms with E-state index in [1.165, 1.54) is 16.7 Å². The minimum absolute atomic E-state index is 0.488. The van der Waals surface area contributed by atoms with Gasteiger partial charge in [0.05, 0.1) is 12.2 Å². The molecule has 0 aliphatic carbocycles. The number of para-hydroxylation sites is 1. The Morgan fingerprint density at radius 1 is 1.04 bits per heavy atom. The maximum Gasteiger partial charge on any atom is 0.277 e. The number of hydrogen-bond donors (Lipinski definition) is 0. The van der Waals surface area contributed by atoms with Crippen LogP contribution in [0.3, 0.4) is 0 Å². The summed E-state index contributed by atoms with van der Waals surface area (Å²) in [6.45, 7) is 6.77. The van der Waals surface area contributed by atoms with Gasteiger partial charge < -0.3 is 9.15 Å². The number of ether oxygens (including phenoxy) is 1. The molecular formula is C19H20N2O2S. The fraction of sp³-hybridized carbons (Fsp3) is 0.263. The number of rotatable bonds is 6. The van der Waals surface area contributed by atoms with Gasteiger partial charge in [-0.15, -0.1) is 10.2 Å². The highest BCUT2D eigenvalue weighted by molar-refractivity contribution is 7.98. The maximum absolute atomic E-state index is 5.80. The van der Waals surface area contributed by atoms with E-state index in [0.29, 0.717) is 17.7 Å². The lowest BCUT2D eigenvalue weighted by molar-refractivity contribution is 0.340. The van der Waals surface area contributed by atoms with Crippen molar-refractivity contribution >= 4 is 11.8 Å². The highest BCUT2D eigenvalue weighted by Gasteiger charge is 2.13. The van der Waals surface area contributed by atoms with Gasteiger partial charge in [0.15, 0.2) is 0 Å². The fourth-order valence-electron chi connectivity index (χ4n) is 2.60. The van der Waals surface area contributed by atoms with Gasteiger partial charge in [0, 0.05) is 5.75 Å². The summed E-state index contributed by atoms with van der Waals surface area (Å²) in [6.07, 6.45) is 0. The summed E-state index contributed by atoms with van der Waals surface area (Å²) >= 11 is 1.54. The van der Waals surface area contributed by atoms with E-state index in [9.17, 15) is 0 Å². The Bertz CT molecular complexity index is 809. The van der Waals surface area contributed by atoms with E-state index in [0.717, 1.165) is 17.1 Å². The first kappa shape index (κ1) is 16.6. The van der Waals surface area contributed by atoms with Crippen molar-refractivity contribution in [2.24, 2.45) is 0 Å². The van der Waals surface area contributed by atoms with Crippen molar-refractivity contribution in [3.05, 3.63) is 59.2 Å². The topological polar surface area (TPSA) is 48.2 Å². The number of thioether (sulfide) groups is 1. The van der Waals surface area contributed by atoms with Crippen molar-refractivity contribution in [3.8, 4) is 17.2 Å². The first-order chi connectivity index (χ1) is 11.7. The van der Waals surface area contributed by atoms with E-state index in [2.05, 4.69) is 42.2 Å². The van der Waals surface area contributed by atoms with Gasteiger partial charge in [0.2, 0.25) is 0 Å². The summed E-state index contributed by atoms with van der Waals surface area (Å²) < 4.78 is 11.4. The quantitative estimate of drug-likeness (QED) is 0.588. The zero-order chi connectivity index (χ0) is 16.9. The molecule has 5 heteroatoms. The molecule has 0 bridgehead atoms. The minimum atomic E-state index is 0.488. The molecular weight excluding hydrogens is 320 g/mol. The Hall–Kier alpha value is -2.27. The fourth-order valence-corrected chi connectivity index (χ4v) is 3.29. The van der Waals surface area contributed by atoms with Crippen LogP contribution in [0.1, 0.15) is 23.6 Å². The second kappa shape index (κ2) is 7.53. The van der Waals surface area contributed by atoms with Crippen LogP contribution in [0.5, 0.6) is 5.75 Å². The molecule has 0 unspecified atom stereocenters. The van der Waals surface area contributed by atoms with Crippen LogP contribution in [0.2, 0.25) is 0 Å². The first-order valence-electron chi connectivity index (χ1n) is 7.91. The zero-order valence-corrected chi connectivity index (χ0v) is 14.9. The SMILES string of the molecule is CCOc1ccccc1-c1nnc(SCc2cc(C)cc(C)c2)o1. The minimum Gasteiger partial charge on any atom is -0.493 e. The Balaban J connectivity index is 1.74. The van der Waals surface area contributed by atoms with E-state index in [-0.39, 0.29) is 0 Å². The van der Waals surface area contributed by atoms with Crippen LogP contribution < -0.4 is 4.74 Å². The molecule has 0 aliphatic heterocycles. The maximum atomic E-state index is 5.80. The van der Waals surface area contributed by atoms with Gasteiger partial charge in [-0.1, -0.05) is 53.2 Å². The van der Waals surface area contributed by atoms with Crippen LogP contribution >= 0.6 is 11.8 Å². The van der Waals surface area contributed by atoms with Gasteiger partial charge in [-0.25, -0.2) is 0 Å². The smallest absolute Gasteiger partial charge is 0.277 e. The van der Waals surface area contributed by atoms with Crippen LogP contribution in [-0.2, 0) is 5.75 Å². The Morgan fingerprint density at radius 3 is 2.54 bits per heavy atom. The highest BCUT2D eigenvalue weighted by atomic mass is 32.2. The van der Waals surface area contributed by atoms with Gasteiger partial charge in [-0.3, -0.25) is 0 Å². The second-order valence-electron chi connectivity index (χ2n) is 5.59. The van der Waals surface area contributed by atoms with Crippen LogP contribution in [0.4, 0.5) is 0 Å². The number of benzene rings is 2. The summed E-state index contributed by atoms with van der Waals surface area (Å²) in [6, 6.07) is 14.2. The predicted molar refractivity (Wildman–Crippen MR) is 96.4 cm³/mol. The Morgan fingerprint density at radius 2 is 1.79 bits per heavy atom. The monoisotopic (exact) mass is 340 g/mol. The summed E-state index contributed by atoms with van der Waals surface area (Å²) in [5.41, 5.74) is 4.61. The molecule has 4 nitrogen and oxygen atoms in total. The van der Waals surface area contributed by atoms with Crippen molar-refractivity contribution in [2.45, 2.75) is 31.7 Å². The molecule has 0 amide bonds. The molecule has 124 valence electrons. The summed E-state index contributed by atoms with van der Waals surface area (Å²) in [5, 5.41) is 8.87. The number of aromatic nitrogens is 2. The predicted octanol–water partition coefficient (Wildman–Crippen LogP) is 5.04. The molecule has 0 aliphatic rings. The number of hydrogen-bond acceptors (Lipinski definition) is 5. The van der Waals surface area contributed by atoms with Crippen molar-refractivity contribution < 1.29 is 9.15 Å². The van der Waals surface area contributed by atoms with Gasteiger partial charge in [-0.05, 0) is 38.5 Å². The third-order valence-electron chi connectivity index (χ3n) is 3.47. The number of aryl methyl sites for hydroxylation is 2. The van der Waals surface area contributed by atoms with Crippen LogP contribution in [0.25, 0.3) is 11.5 Å². The summed E-state index contributed by atoms with van der Waals surface area (Å²) in [4.78, 5) is 0. The molecule has 0 fully saturated rings. The molecule has 0 radical (unpaired) electrons. The van der Waals surface area contributed by atoms with E-state index in [4.69, 9.17) is 9.15 Å². The van der Waals surface area contributed by atoms with Crippen LogP contribution in [0, 0.1) is 13.8 Å². The Kier molecular flexibility index (Phi) is 5.20. The average molecular weight is 340 g/mol. The lowest BCUT2D eigenvalue weighted by atomic mass is 10.1. The van der Waals surface area contributed by atoms with Gasteiger partial charge in [0.1, 0.15) is 5.75 Å². The van der Waals surface area contributed by atoms with E-state index >= 15 is 0 Å². The Labute approximate surface area is 146 Å². The molecule has 2 aromatic carbocycles. The lowest BCUT2D eigenvalue weighted by Crippen LogP contribution is -1.93. The van der Waals surface area contributed by atoms with Crippen LogP contribution in [0.15, 0.2) is 52.1 Å². The third-order valence-corrected chi connectivity index (χ3v) is 4.36. The van der Waals surface area contributed by atoms with E-state index < -0.39 is 0 Å². The van der Waals surface area contributed by atoms with Crippen molar-refractivity contribution in [1.82, 2.24) is 10.2 Å². The second-order valence-corrected chi connectivity index (χ2v) is 6.51. The van der Waals surface area contributed by atoms with Gasteiger partial charge in [0.25, 0.3) is 11.1 Å². The van der Waals surface area contributed by atoms with Crippen molar-refractivity contribution in [3.63, 3.8) is 0 Å². The average Bonchev–Trinajstić information content (AvgIpc) is 3.02. The molecule has 0 N–H and O–H groups in total. The van der Waals surface area contributed by atoms with Crippen molar-refractivity contribution in [2.75, 3.05) is 6.61 Å². The standard InChI is InChI=1S/C19H20N2O2S/c1-4-22-17-8-6-5-7-16(17)18-20-21-19(23-18)24-12-15-10-13(2)9-14(3)11-15/h5-11H,4,12H2,1-3H3. The molecule has 0 saturated heterocycles. The molecule has 0 atom stereocenters. The van der Waals surface area contributed by atoms with E-state index in [1.807, 2.05) is 31.2 Å². The molecule has 1 heterocycles. The zero-order valence-electron chi connectivity index (χ0n) is 14.1. The largest absolute Gasteiger partial charge is 0.493 e. The van der Waals surface area contributed by atoms with Crippen LogP contribution in [-0.4, -0.2) is 16.8 Å². The highest BCUT2D eigenvalue weighted by Crippen LogP contribution is 2.31. The normalized spacial score (nSPS) is 10.8. The summed E-state index contributed by atoms with van der Waals surface area (Å²) in [5.74, 6) is 2.05. The molecule has 1 aromatic heterocycles. The molecule has 0 spiro atoms. The molecule has 24 heavy (non-hydrogen) atoms. The molecule has 3 rings (SSSR count). The lowest BCUT2D eigenvalue weighted by Gasteiger charge is -2.06. The van der Waals surface area contributed by atoms with E-state index in [1.54, 1.807) is 11.8 Å². The van der Waals surface area contributed by atoms with Crippen molar-refractivity contribution in [1.29, 1.82) is 0 Å². The molecule has 3 aromatic rings. The molecule has 0 saturated carbocycles. The number of nitrogens with zero attached hydrogens (tertiary/aromatic N) is 2. The van der Waals surface area contributed by atoms with Gasteiger partial charge in [-0.2, -0.15) is 0 Å². The van der Waals surface area contributed by atoms with Gasteiger partial charge >= 0.3 is 0 Å². The summed E-state index contributed by atoms with van der Waals surface area (Å²) in [7, 11) is 0. The third kappa shape index (κ3) is 3.97. The first-order valence-corrected chi connectivity index (χ1v) is 8.90.